The molecule has 1 aliphatic rings. The van der Waals surface area contributed by atoms with Crippen LogP contribution in [0.4, 0.5) is 0 Å². The van der Waals surface area contributed by atoms with Crippen molar-refractivity contribution in [3.05, 3.63) is 35.9 Å². The highest BCUT2D eigenvalue weighted by Gasteiger charge is 2.36. The molecular weight excluding hydrogens is 313 g/mol. The van der Waals surface area contributed by atoms with Crippen LogP contribution in [0.5, 0.6) is 0 Å². The van der Waals surface area contributed by atoms with Crippen LogP contribution in [0.1, 0.15) is 12.5 Å². The normalized spacial score (nSPS) is 30.8. The predicted molar refractivity (Wildman–Crippen MR) is 74.7 cm³/mol. The zero-order valence-electron chi connectivity index (χ0n) is 9.51. The maximum Gasteiger partial charge on any atom is 0.0717 e. The van der Waals surface area contributed by atoms with Gasteiger partial charge in [0, 0.05) is 29.5 Å². The van der Waals surface area contributed by atoms with Crippen molar-refractivity contribution in [2.75, 3.05) is 11.0 Å². The molecule has 1 heterocycles. The average molecular weight is 331 g/mol. The lowest BCUT2D eigenvalue weighted by Gasteiger charge is -2.23. The van der Waals surface area contributed by atoms with E-state index in [0.29, 0.717) is 12.0 Å². The highest BCUT2D eigenvalue weighted by molar-refractivity contribution is 14.1. The summed E-state index contributed by atoms with van der Waals surface area (Å²) in [6.07, 6.45) is -0.157. The number of benzene rings is 1. The number of aliphatic hydroxyl groups is 1. The van der Waals surface area contributed by atoms with Crippen LogP contribution < -0.4 is 0 Å². The monoisotopic (exact) mass is 331 g/mol. The van der Waals surface area contributed by atoms with Crippen LogP contribution in [0.3, 0.4) is 0 Å². The Morgan fingerprint density at radius 2 is 2.06 bits per heavy atom. The minimum absolute atomic E-state index is 0.157. The summed E-state index contributed by atoms with van der Waals surface area (Å²) in [5, 5.41) is 9.96. The SMILES string of the molecule is CC1C(CI)C(O)CN1Cc1ccccc1. The summed E-state index contributed by atoms with van der Waals surface area (Å²) < 4.78 is 1.03. The second kappa shape index (κ2) is 5.47. The Hall–Kier alpha value is -0.130. The summed E-state index contributed by atoms with van der Waals surface area (Å²) >= 11 is 2.37. The molecule has 0 radical (unpaired) electrons. The number of alkyl halides is 1. The summed E-state index contributed by atoms with van der Waals surface area (Å²) in [5.74, 6) is 0.421. The van der Waals surface area contributed by atoms with Gasteiger partial charge in [0.15, 0.2) is 0 Å². The molecule has 2 rings (SSSR count). The molecule has 1 aromatic carbocycles. The first-order chi connectivity index (χ1) is 7.72. The van der Waals surface area contributed by atoms with E-state index in [2.05, 4.69) is 58.7 Å². The van der Waals surface area contributed by atoms with Crippen LogP contribution in [0.15, 0.2) is 30.3 Å². The number of likely N-dealkylation sites (tertiary alicyclic amines) is 1. The van der Waals surface area contributed by atoms with Crippen LogP contribution in [0.2, 0.25) is 0 Å². The van der Waals surface area contributed by atoms with E-state index in [4.69, 9.17) is 0 Å². The smallest absolute Gasteiger partial charge is 0.0717 e. The minimum atomic E-state index is -0.157. The topological polar surface area (TPSA) is 23.5 Å². The highest BCUT2D eigenvalue weighted by Crippen LogP contribution is 2.27. The van der Waals surface area contributed by atoms with E-state index in [0.717, 1.165) is 17.5 Å². The number of rotatable bonds is 3. The van der Waals surface area contributed by atoms with Gasteiger partial charge in [-0.2, -0.15) is 0 Å². The van der Waals surface area contributed by atoms with Crippen molar-refractivity contribution in [2.45, 2.75) is 25.6 Å². The lowest BCUT2D eigenvalue weighted by molar-refractivity contribution is 0.149. The number of hydrogen-bond donors (Lipinski definition) is 1. The van der Waals surface area contributed by atoms with Crippen LogP contribution in [0, 0.1) is 5.92 Å². The Balaban J connectivity index is 2.02. The Morgan fingerprint density at radius 3 is 2.62 bits per heavy atom. The van der Waals surface area contributed by atoms with E-state index in [1.807, 2.05) is 6.07 Å². The van der Waals surface area contributed by atoms with Gasteiger partial charge >= 0.3 is 0 Å². The number of aliphatic hydroxyl groups excluding tert-OH is 1. The first-order valence-electron chi connectivity index (χ1n) is 5.74. The maximum atomic E-state index is 9.96. The third-order valence-electron chi connectivity index (χ3n) is 3.52. The van der Waals surface area contributed by atoms with Crippen molar-refractivity contribution in [2.24, 2.45) is 5.92 Å². The summed E-state index contributed by atoms with van der Waals surface area (Å²) in [6.45, 7) is 3.98. The molecule has 16 heavy (non-hydrogen) atoms. The summed E-state index contributed by atoms with van der Waals surface area (Å²) in [5.41, 5.74) is 1.33. The predicted octanol–water partition coefficient (Wildman–Crippen LogP) is 2.30. The maximum absolute atomic E-state index is 9.96. The van der Waals surface area contributed by atoms with E-state index in [9.17, 15) is 5.11 Å². The number of nitrogens with zero attached hydrogens (tertiary/aromatic N) is 1. The zero-order valence-corrected chi connectivity index (χ0v) is 11.7. The lowest BCUT2D eigenvalue weighted by atomic mass is 10.0. The fourth-order valence-electron chi connectivity index (χ4n) is 2.39. The molecule has 0 amide bonds. The van der Waals surface area contributed by atoms with Gasteiger partial charge in [0.1, 0.15) is 0 Å². The van der Waals surface area contributed by atoms with Gasteiger partial charge in [0.25, 0.3) is 0 Å². The van der Waals surface area contributed by atoms with Crippen LogP contribution in [-0.4, -0.2) is 33.1 Å². The highest BCUT2D eigenvalue weighted by atomic mass is 127. The molecule has 0 aliphatic carbocycles. The lowest BCUT2D eigenvalue weighted by Crippen LogP contribution is -2.30. The van der Waals surface area contributed by atoms with Crippen molar-refractivity contribution >= 4 is 22.6 Å². The van der Waals surface area contributed by atoms with Gasteiger partial charge in [-0.05, 0) is 12.5 Å². The Kier molecular flexibility index (Phi) is 4.21. The molecule has 3 unspecified atom stereocenters. The molecule has 3 heteroatoms. The molecular formula is C13H18INO. The van der Waals surface area contributed by atoms with Crippen LogP contribution >= 0.6 is 22.6 Å². The van der Waals surface area contributed by atoms with Crippen molar-refractivity contribution in [1.29, 1.82) is 0 Å². The number of hydrogen-bond acceptors (Lipinski definition) is 2. The van der Waals surface area contributed by atoms with Gasteiger partial charge in [0.05, 0.1) is 6.10 Å². The number of β-amino-alcohol motifs (C(OH)–C–C–N with tert-alkyl or cyclic N) is 1. The molecule has 1 N–H and O–H groups in total. The first kappa shape index (κ1) is 12.3. The fourth-order valence-corrected chi connectivity index (χ4v) is 3.72. The van der Waals surface area contributed by atoms with Crippen LogP contribution in [-0.2, 0) is 6.54 Å². The Labute approximate surface area is 111 Å². The van der Waals surface area contributed by atoms with Gasteiger partial charge in [-0.1, -0.05) is 52.9 Å². The van der Waals surface area contributed by atoms with E-state index < -0.39 is 0 Å². The average Bonchev–Trinajstić information content (AvgIpc) is 2.55. The molecule has 1 saturated heterocycles. The van der Waals surface area contributed by atoms with Crippen molar-refractivity contribution in [1.82, 2.24) is 4.90 Å². The molecule has 88 valence electrons. The molecule has 0 saturated carbocycles. The standard InChI is InChI=1S/C13H18INO/c1-10-12(7-14)13(16)9-15(10)8-11-5-3-2-4-6-11/h2-6,10,12-13,16H,7-9H2,1H3. The van der Waals surface area contributed by atoms with Gasteiger partial charge in [-0.15, -0.1) is 0 Å². The molecule has 2 nitrogen and oxygen atoms in total. The van der Waals surface area contributed by atoms with Gasteiger partial charge in [-0.25, -0.2) is 0 Å². The molecule has 1 aromatic rings. The van der Waals surface area contributed by atoms with Crippen molar-refractivity contribution in [3.63, 3.8) is 0 Å². The Bertz CT molecular complexity index is 330. The van der Waals surface area contributed by atoms with Gasteiger partial charge < -0.3 is 5.11 Å². The molecule has 1 fully saturated rings. The number of halogens is 1. The largest absolute Gasteiger partial charge is 0.391 e. The van der Waals surface area contributed by atoms with E-state index >= 15 is 0 Å². The second-order valence-corrected chi connectivity index (χ2v) is 5.42. The Morgan fingerprint density at radius 1 is 1.38 bits per heavy atom. The minimum Gasteiger partial charge on any atom is -0.391 e. The third kappa shape index (κ3) is 2.57. The van der Waals surface area contributed by atoms with Gasteiger partial charge in [-0.3, -0.25) is 4.90 Å². The summed E-state index contributed by atoms with van der Waals surface area (Å²) in [6, 6.07) is 11.0. The van der Waals surface area contributed by atoms with E-state index in [1.165, 1.54) is 5.56 Å². The summed E-state index contributed by atoms with van der Waals surface area (Å²) in [7, 11) is 0. The summed E-state index contributed by atoms with van der Waals surface area (Å²) in [4.78, 5) is 2.38. The molecule has 0 spiro atoms. The molecule has 0 bridgehead atoms. The molecule has 0 aromatic heterocycles. The third-order valence-corrected chi connectivity index (χ3v) is 4.54. The van der Waals surface area contributed by atoms with Crippen molar-refractivity contribution < 1.29 is 5.11 Å². The van der Waals surface area contributed by atoms with Crippen LogP contribution in [0.25, 0.3) is 0 Å². The van der Waals surface area contributed by atoms with E-state index in [-0.39, 0.29) is 6.10 Å². The fraction of sp³-hybridized carbons (Fsp3) is 0.538. The van der Waals surface area contributed by atoms with Gasteiger partial charge in [0.2, 0.25) is 0 Å². The molecule has 3 atom stereocenters. The first-order valence-corrected chi connectivity index (χ1v) is 7.27. The second-order valence-electron chi connectivity index (χ2n) is 4.54. The zero-order chi connectivity index (χ0) is 11.5. The van der Waals surface area contributed by atoms with E-state index in [1.54, 1.807) is 0 Å². The van der Waals surface area contributed by atoms with Crippen molar-refractivity contribution in [3.8, 4) is 0 Å². The quantitative estimate of drug-likeness (QED) is 0.679. The molecule has 1 aliphatic heterocycles.